The highest BCUT2D eigenvalue weighted by molar-refractivity contribution is 6.42. The number of amides is 3. The van der Waals surface area contributed by atoms with E-state index in [0.29, 0.717) is 65.1 Å². The smallest absolute Gasteiger partial charge is 0.258 e. The number of nitrogens with zero attached hydrogens (tertiary/aromatic N) is 6. The number of aromatic nitrogens is 1. The van der Waals surface area contributed by atoms with Gasteiger partial charge in [0.2, 0.25) is 11.8 Å². The highest BCUT2D eigenvalue weighted by Crippen LogP contribution is 2.42. The molecule has 3 amide bonds. The molecule has 5 aromatic rings. The van der Waals surface area contributed by atoms with Crippen LogP contribution in [0.25, 0.3) is 11.1 Å². The van der Waals surface area contributed by atoms with E-state index in [1.165, 1.54) is 0 Å². The maximum absolute atomic E-state index is 13.7. The van der Waals surface area contributed by atoms with E-state index in [1.807, 2.05) is 65.3 Å². The molecule has 6 heterocycles. The first-order chi connectivity index (χ1) is 33.7. The van der Waals surface area contributed by atoms with Crippen LogP contribution in [0.4, 0.5) is 28.6 Å². The highest BCUT2D eigenvalue weighted by Gasteiger charge is 2.33. The van der Waals surface area contributed by atoms with Crippen LogP contribution in [0, 0.1) is 6.92 Å². The summed E-state index contributed by atoms with van der Waals surface area (Å²) < 4.78 is 11.5. The van der Waals surface area contributed by atoms with E-state index >= 15 is 0 Å². The van der Waals surface area contributed by atoms with E-state index < -0.39 is 0 Å². The number of piperazine rings is 2. The summed E-state index contributed by atoms with van der Waals surface area (Å²) >= 11 is 12.4. The van der Waals surface area contributed by atoms with E-state index in [2.05, 4.69) is 72.4 Å². The topological polar surface area (TPSA) is 123 Å². The first-order valence-electron chi connectivity index (χ1n) is 24.6. The molecule has 10 rings (SSSR count). The number of aryl methyl sites for hydroxylation is 1. The molecule has 5 aliphatic heterocycles. The number of methoxy groups -OCH3 is 2. The van der Waals surface area contributed by atoms with E-state index in [1.54, 1.807) is 25.2 Å². The SMILES string of the molecule is COc1cc2c(cc1N1C[C@@H](C)N[C@@H](C)C1)N(C(=O)Cc1cccc(Cl)c1Cl)CC2.COc1cc2c(cc1N1C[C@@H](C)N[C@@H](C)C1)N(C(=O)c1ccc(-c3ccc(N4CCCC4=O)nc3C)cc1)CC2. The van der Waals surface area contributed by atoms with Gasteiger partial charge in [0.1, 0.15) is 17.3 Å². The molecule has 13 nitrogen and oxygen atoms in total. The Hall–Kier alpha value is -5.86. The van der Waals surface area contributed by atoms with Crippen molar-refractivity contribution in [3.63, 3.8) is 0 Å². The number of carbonyl (C=O) groups is 3. The molecule has 0 saturated carbocycles. The number of rotatable bonds is 9. The van der Waals surface area contributed by atoms with Gasteiger partial charge in [-0.1, -0.05) is 47.5 Å². The van der Waals surface area contributed by atoms with Crippen molar-refractivity contribution in [2.75, 3.05) is 84.5 Å². The fourth-order valence-electron chi connectivity index (χ4n) is 10.9. The summed E-state index contributed by atoms with van der Waals surface area (Å²) in [5.74, 6) is 2.60. The van der Waals surface area contributed by atoms with Gasteiger partial charge < -0.3 is 39.7 Å². The molecule has 368 valence electrons. The lowest BCUT2D eigenvalue weighted by atomic mass is 10.0. The van der Waals surface area contributed by atoms with Crippen LogP contribution in [-0.2, 0) is 28.9 Å². The highest BCUT2D eigenvalue weighted by atomic mass is 35.5. The van der Waals surface area contributed by atoms with Crippen molar-refractivity contribution in [3.05, 3.63) is 117 Å². The summed E-state index contributed by atoms with van der Waals surface area (Å²) in [5.41, 5.74) is 10.6. The fourth-order valence-corrected chi connectivity index (χ4v) is 11.3. The second-order valence-electron chi connectivity index (χ2n) is 19.5. The minimum atomic E-state index is 0.00112. The number of hydrogen-bond acceptors (Lipinski definition) is 10. The summed E-state index contributed by atoms with van der Waals surface area (Å²) in [5, 5.41) is 8.07. The maximum atomic E-state index is 13.7. The number of halogens is 2. The standard InChI is InChI=1S/C32H37N5O3.C23H27Cl2N3O2/c1-20-18-35(19-21(2)33-20)28-17-27-25(16-29(28)40-4)13-15-36(27)32(39)24-9-7-23(8-10-24)26-11-12-30(34-22(26)3)37-14-5-6-31(37)38;1-14-12-27(13-15(2)26-14)20-11-19-16(9-21(20)30-3)7-8-28(19)22(29)10-17-5-4-6-18(24)23(17)25/h7-12,16-17,20-21,33H,5-6,13-15,18-19H2,1-4H3;4-6,9,11,14-15,26H,7-8,10,12-13H2,1-3H3/t20-,21+;14-,15+. The third kappa shape index (κ3) is 10.2. The molecule has 70 heavy (non-hydrogen) atoms. The van der Waals surface area contributed by atoms with Crippen LogP contribution in [0.2, 0.25) is 10.0 Å². The molecule has 3 saturated heterocycles. The van der Waals surface area contributed by atoms with E-state index in [4.69, 9.17) is 37.7 Å². The predicted octanol–water partition coefficient (Wildman–Crippen LogP) is 8.90. The van der Waals surface area contributed by atoms with Gasteiger partial charge in [0.05, 0.1) is 42.1 Å². The third-order valence-electron chi connectivity index (χ3n) is 14.1. The van der Waals surface area contributed by atoms with Crippen molar-refractivity contribution < 1.29 is 23.9 Å². The summed E-state index contributed by atoms with van der Waals surface area (Å²) in [6.07, 6.45) is 3.31. The number of pyridine rings is 1. The Kier molecular flexibility index (Phi) is 14.6. The lowest BCUT2D eigenvalue weighted by molar-refractivity contribution is -0.118. The fraction of sp³-hybridized carbons (Fsp3) is 0.418. The van der Waals surface area contributed by atoms with Gasteiger partial charge in [0.25, 0.3) is 5.91 Å². The van der Waals surface area contributed by atoms with Crippen LogP contribution in [0.15, 0.2) is 78.9 Å². The average molecular weight is 988 g/mol. The van der Waals surface area contributed by atoms with Crippen molar-refractivity contribution in [2.45, 2.75) is 90.9 Å². The first-order valence-corrected chi connectivity index (χ1v) is 25.3. The van der Waals surface area contributed by atoms with Crippen molar-refractivity contribution in [3.8, 4) is 22.6 Å². The van der Waals surface area contributed by atoms with E-state index in [-0.39, 0.29) is 24.1 Å². The molecule has 0 aliphatic carbocycles. The number of anilines is 5. The van der Waals surface area contributed by atoms with Crippen LogP contribution in [0.3, 0.4) is 0 Å². The maximum Gasteiger partial charge on any atom is 0.258 e. The van der Waals surface area contributed by atoms with Crippen LogP contribution >= 0.6 is 23.2 Å². The third-order valence-corrected chi connectivity index (χ3v) is 15.0. The molecule has 0 spiro atoms. The van der Waals surface area contributed by atoms with Gasteiger partial charge in [-0.15, -0.1) is 0 Å². The molecular weight excluding hydrogens is 924 g/mol. The van der Waals surface area contributed by atoms with Crippen LogP contribution in [0.5, 0.6) is 11.5 Å². The summed E-state index contributed by atoms with van der Waals surface area (Å²) in [4.78, 5) is 53.9. The van der Waals surface area contributed by atoms with Gasteiger partial charge in [-0.05, 0) is 131 Å². The number of benzene rings is 4. The lowest BCUT2D eigenvalue weighted by Crippen LogP contribution is -2.54. The monoisotopic (exact) mass is 986 g/mol. The van der Waals surface area contributed by atoms with E-state index in [0.717, 1.165) is 120 Å². The molecule has 2 N–H and O–H groups in total. The number of ether oxygens (including phenoxy) is 2. The minimum Gasteiger partial charge on any atom is -0.495 e. The Balaban J connectivity index is 0.000000181. The second kappa shape index (κ2) is 20.8. The Bertz CT molecular complexity index is 2770. The summed E-state index contributed by atoms with van der Waals surface area (Å²) in [7, 11) is 3.43. The zero-order valence-corrected chi connectivity index (χ0v) is 42.8. The quantitative estimate of drug-likeness (QED) is 0.148. The Morgan fingerprint density at radius 3 is 1.77 bits per heavy atom. The second-order valence-corrected chi connectivity index (χ2v) is 20.3. The number of nitrogens with one attached hydrogen (secondary N) is 2. The average Bonchev–Trinajstić information content (AvgIpc) is 4.09. The molecule has 4 atom stereocenters. The predicted molar refractivity (Wildman–Crippen MR) is 282 cm³/mol. The van der Waals surface area contributed by atoms with Gasteiger partial charge in [0.15, 0.2) is 0 Å². The van der Waals surface area contributed by atoms with E-state index in [9.17, 15) is 14.4 Å². The molecule has 0 radical (unpaired) electrons. The molecule has 3 fully saturated rings. The van der Waals surface area contributed by atoms with Crippen molar-refractivity contribution in [1.82, 2.24) is 15.6 Å². The van der Waals surface area contributed by atoms with Crippen LogP contribution in [0.1, 0.15) is 73.3 Å². The van der Waals surface area contributed by atoms with Crippen molar-refractivity contribution in [2.24, 2.45) is 0 Å². The normalized spacial score (nSPS) is 20.8. The van der Waals surface area contributed by atoms with Crippen molar-refractivity contribution >= 4 is 69.5 Å². The Labute approximate surface area is 422 Å². The number of carbonyl (C=O) groups excluding carboxylic acids is 3. The molecular formula is C55H64Cl2N8O5. The van der Waals surface area contributed by atoms with Gasteiger partial charge in [-0.2, -0.15) is 0 Å². The molecule has 4 aromatic carbocycles. The Morgan fingerprint density at radius 1 is 0.686 bits per heavy atom. The largest absolute Gasteiger partial charge is 0.495 e. The molecule has 15 heteroatoms. The van der Waals surface area contributed by atoms with Gasteiger partial charge in [-0.25, -0.2) is 4.98 Å². The van der Waals surface area contributed by atoms with Gasteiger partial charge in [0, 0.05) is 105 Å². The van der Waals surface area contributed by atoms with Crippen LogP contribution < -0.4 is 44.6 Å². The molecule has 0 unspecified atom stereocenters. The molecule has 1 aromatic heterocycles. The first kappa shape index (κ1) is 49.1. The van der Waals surface area contributed by atoms with Gasteiger partial charge >= 0.3 is 0 Å². The summed E-state index contributed by atoms with van der Waals surface area (Å²) in [6.45, 7) is 16.3. The Morgan fingerprint density at radius 2 is 1.24 bits per heavy atom. The van der Waals surface area contributed by atoms with Gasteiger partial charge in [-0.3, -0.25) is 19.3 Å². The number of hydrogen-bond donors (Lipinski definition) is 2. The molecule has 5 aliphatic rings. The van der Waals surface area contributed by atoms with Crippen LogP contribution in [-0.4, -0.2) is 107 Å². The van der Waals surface area contributed by atoms with Crippen molar-refractivity contribution in [1.29, 1.82) is 0 Å². The summed E-state index contributed by atoms with van der Waals surface area (Å²) in [6, 6.07) is 27.1. The lowest BCUT2D eigenvalue weighted by Gasteiger charge is -2.38. The number of fused-ring (bicyclic) bond motifs is 2. The minimum absolute atomic E-state index is 0.00112. The zero-order chi connectivity index (χ0) is 49.4. The zero-order valence-electron chi connectivity index (χ0n) is 41.3. The molecule has 0 bridgehead atoms.